The van der Waals surface area contributed by atoms with Crippen molar-refractivity contribution in [3.8, 4) is 5.75 Å². The van der Waals surface area contributed by atoms with E-state index in [-0.39, 0.29) is 6.10 Å². The van der Waals surface area contributed by atoms with Crippen molar-refractivity contribution < 1.29 is 9.47 Å². The zero-order valence-corrected chi connectivity index (χ0v) is 13.2. The van der Waals surface area contributed by atoms with E-state index in [0.717, 1.165) is 38.3 Å². The Balaban J connectivity index is 2.05. The van der Waals surface area contributed by atoms with Crippen molar-refractivity contribution in [2.45, 2.75) is 59.2 Å². The summed E-state index contributed by atoms with van der Waals surface area (Å²) in [6.45, 7) is 11.1. The van der Waals surface area contributed by atoms with Gasteiger partial charge < -0.3 is 14.8 Å². The van der Waals surface area contributed by atoms with Gasteiger partial charge in [0.05, 0.1) is 6.61 Å². The summed E-state index contributed by atoms with van der Waals surface area (Å²) in [6, 6.07) is 4.95. The van der Waals surface area contributed by atoms with E-state index in [9.17, 15) is 0 Å². The molecule has 0 bridgehead atoms. The molecular weight excluding hydrogens is 250 g/mol. The van der Waals surface area contributed by atoms with Crippen LogP contribution in [0.4, 0.5) is 0 Å². The number of rotatable bonds is 5. The summed E-state index contributed by atoms with van der Waals surface area (Å²) in [5, 5.41) is 3.46. The Morgan fingerprint density at radius 3 is 2.55 bits per heavy atom. The molecule has 0 spiro atoms. The Morgan fingerprint density at radius 1 is 1.30 bits per heavy atom. The minimum Gasteiger partial charge on any atom is -0.487 e. The summed E-state index contributed by atoms with van der Waals surface area (Å²) in [6.07, 6.45) is 2.40. The summed E-state index contributed by atoms with van der Waals surface area (Å²) < 4.78 is 11.6. The number of benzene rings is 1. The first-order valence-electron chi connectivity index (χ1n) is 7.64. The average molecular weight is 277 g/mol. The molecular formula is C17H27NO2. The molecule has 1 aliphatic rings. The monoisotopic (exact) mass is 277 g/mol. The topological polar surface area (TPSA) is 30.5 Å². The molecule has 0 amide bonds. The molecule has 1 aliphatic heterocycles. The largest absolute Gasteiger partial charge is 0.487 e. The van der Waals surface area contributed by atoms with E-state index in [1.165, 1.54) is 16.7 Å². The van der Waals surface area contributed by atoms with Gasteiger partial charge in [0.1, 0.15) is 11.9 Å². The van der Waals surface area contributed by atoms with Crippen molar-refractivity contribution in [1.29, 1.82) is 0 Å². The van der Waals surface area contributed by atoms with Gasteiger partial charge in [-0.3, -0.25) is 0 Å². The fourth-order valence-electron chi connectivity index (χ4n) is 2.62. The molecule has 1 unspecified atom stereocenters. The summed E-state index contributed by atoms with van der Waals surface area (Å²) in [7, 11) is 0. The third kappa shape index (κ3) is 4.22. The van der Waals surface area contributed by atoms with Crippen LogP contribution < -0.4 is 10.1 Å². The van der Waals surface area contributed by atoms with Crippen LogP contribution in [0, 0.1) is 13.8 Å². The summed E-state index contributed by atoms with van der Waals surface area (Å²) in [5.74, 6) is 1.04. The predicted molar refractivity (Wildman–Crippen MR) is 82.4 cm³/mol. The highest BCUT2D eigenvalue weighted by atomic mass is 16.5. The fourth-order valence-corrected chi connectivity index (χ4v) is 2.62. The molecule has 1 fully saturated rings. The Labute approximate surface area is 122 Å². The number of ether oxygens (including phenoxy) is 2. The predicted octanol–water partition coefficient (Wildman–Crippen LogP) is 3.36. The molecule has 1 N–H and O–H groups in total. The first-order chi connectivity index (χ1) is 9.56. The van der Waals surface area contributed by atoms with Gasteiger partial charge in [-0.15, -0.1) is 0 Å². The van der Waals surface area contributed by atoms with E-state index in [0.29, 0.717) is 6.04 Å². The quantitative estimate of drug-likeness (QED) is 0.895. The fraction of sp³-hybridized carbons (Fsp3) is 0.647. The maximum atomic E-state index is 6.15. The van der Waals surface area contributed by atoms with Crippen LogP contribution in [0.3, 0.4) is 0 Å². The third-order valence-electron chi connectivity index (χ3n) is 3.64. The Hall–Kier alpha value is -1.06. The summed E-state index contributed by atoms with van der Waals surface area (Å²) in [5.41, 5.74) is 3.76. The molecule has 1 atom stereocenters. The molecule has 112 valence electrons. The van der Waals surface area contributed by atoms with Crippen molar-refractivity contribution in [1.82, 2.24) is 5.32 Å². The molecule has 3 nitrogen and oxygen atoms in total. The van der Waals surface area contributed by atoms with Gasteiger partial charge in [0.25, 0.3) is 0 Å². The zero-order chi connectivity index (χ0) is 14.5. The van der Waals surface area contributed by atoms with Gasteiger partial charge >= 0.3 is 0 Å². The van der Waals surface area contributed by atoms with Gasteiger partial charge in [-0.25, -0.2) is 0 Å². The molecule has 0 radical (unpaired) electrons. The second-order valence-electron chi connectivity index (χ2n) is 6.05. The van der Waals surface area contributed by atoms with Gasteiger partial charge in [0.15, 0.2) is 0 Å². The maximum absolute atomic E-state index is 6.15. The minimum atomic E-state index is 0.209. The van der Waals surface area contributed by atoms with E-state index in [2.05, 4.69) is 45.1 Å². The Kier molecular flexibility index (Phi) is 5.44. The number of nitrogens with one attached hydrogen (secondary N) is 1. The maximum Gasteiger partial charge on any atom is 0.125 e. The van der Waals surface area contributed by atoms with Gasteiger partial charge in [0.2, 0.25) is 0 Å². The van der Waals surface area contributed by atoms with Gasteiger partial charge in [-0.1, -0.05) is 26.0 Å². The van der Waals surface area contributed by atoms with E-state index in [1.807, 2.05) is 0 Å². The van der Waals surface area contributed by atoms with Crippen LogP contribution in [0.25, 0.3) is 0 Å². The van der Waals surface area contributed by atoms with Gasteiger partial charge in [-0.2, -0.15) is 0 Å². The Bertz CT molecular complexity index is 414. The molecule has 2 rings (SSSR count). The SMILES string of the molecule is Cc1cc(CNC(C)C)cc(C)c1OC1CCCOC1. The van der Waals surface area contributed by atoms with Crippen LogP contribution in [-0.2, 0) is 11.3 Å². The van der Waals surface area contributed by atoms with E-state index < -0.39 is 0 Å². The van der Waals surface area contributed by atoms with Crippen LogP contribution in [0.1, 0.15) is 43.4 Å². The highest BCUT2D eigenvalue weighted by Crippen LogP contribution is 2.27. The normalized spacial score (nSPS) is 19.4. The number of hydrogen-bond acceptors (Lipinski definition) is 3. The molecule has 20 heavy (non-hydrogen) atoms. The molecule has 1 saturated heterocycles. The molecule has 1 heterocycles. The van der Waals surface area contributed by atoms with Crippen molar-refractivity contribution in [2.24, 2.45) is 0 Å². The van der Waals surface area contributed by atoms with Crippen LogP contribution in [0.15, 0.2) is 12.1 Å². The molecule has 1 aromatic carbocycles. The first kappa shape index (κ1) is 15.3. The van der Waals surface area contributed by atoms with E-state index in [4.69, 9.17) is 9.47 Å². The first-order valence-corrected chi connectivity index (χ1v) is 7.64. The average Bonchev–Trinajstić information content (AvgIpc) is 2.42. The van der Waals surface area contributed by atoms with Crippen molar-refractivity contribution in [3.63, 3.8) is 0 Å². The standard InChI is InChI=1S/C17H27NO2/c1-12(2)18-10-15-8-13(3)17(14(4)9-15)20-16-6-5-7-19-11-16/h8-9,12,16,18H,5-7,10-11H2,1-4H3. The second-order valence-corrected chi connectivity index (χ2v) is 6.05. The second kappa shape index (κ2) is 7.09. The summed E-state index contributed by atoms with van der Waals surface area (Å²) in [4.78, 5) is 0. The molecule has 0 aromatic heterocycles. The smallest absolute Gasteiger partial charge is 0.125 e. The van der Waals surface area contributed by atoms with E-state index in [1.54, 1.807) is 0 Å². The molecule has 0 aliphatic carbocycles. The lowest BCUT2D eigenvalue weighted by Gasteiger charge is -2.25. The minimum absolute atomic E-state index is 0.209. The molecule has 0 saturated carbocycles. The molecule has 1 aromatic rings. The van der Waals surface area contributed by atoms with Gasteiger partial charge in [-0.05, 0) is 43.4 Å². The lowest BCUT2D eigenvalue weighted by Crippen LogP contribution is -2.28. The zero-order valence-electron chi connectivity index (χ0n) is 13.2. The lowest BCUT2D eigenvalue weighted by atomic mass is 10.0. The Morgan fingerprint density at radius 2 is 2.00 bits per heavy atom. The third-order valence-corrected chi connectivity index (χ3v) is 3.64. The molecule has 3 heteroatoms. The van der Waals surface area contributed by atoms with Crippen LogP contribution >= 0.6 is 0 Å². The van der Waals surface area contributed by atoms with Gasteiger partial charge in [0, 0.05) is 19.2 Å². The number of aryl methyl sites for hydroxylation is 2. The van der Waals surface area contributed by atoms with Crippen molar-refractivity contribution in [2.75, 3.05) is 13.2 Å². The summed E-state index contributed by atoms with van der Waals surface area (Å²) >= 11 is 0. The van der Waals surface area contributed by atoms with Crippen LogP contribution in [-0.4, -0.2) is 25.4 Å². The van der Waals surface area contributed by atoms with Crippen molar-refractivity contribution in [3.05, 3.63) is 28.8 Å². The van der Waals surface area contributed by atoms with Crippen LogP contribution in [0.5, 0.6) is 5.75 Å². The van der Waals surface area contributed by atoms with Crippen molar-refractivity contribution >= 4 is 0 Å². The van der Waals surface area contributed by atoms with Crippen LogP contribution in [0.2, 0.25) is 0 Å². The highest BCUT2D eigenvalue weighted by molar-refractivity contribution is 5.43. The highest BCUT2D eigenvalue weighted by Gasteiger charge is 2.17. The number of hydrogen-bond donors (Lipinski definition) is 1. The lowest BCUT2D eigenvalue weighted by molar-refractivity contribution is 0.00687. The van der Waals surface area contributed by atoms with E-state index >= 15 is 0 Å².